The first-order chi connectivity index (χ1) is 9.97. The largest absolute Gasteiger partial charge is 0.280 e. The number of hydrogen-bond acceptors (Lipinski definition) is 4. The molecular formula is C14H8FN3O2S. The van der Waals surface area contributed by atoms with Gasteiger partial charge in [0.1, 0.15) is 22.3 Å². The molecule has 7 heteroatoms. The maximum absolute atomic E-state index is 13.5. The van der Waals surface area contributed by atoms with Crippen molar-refractivity contribution in [2.45, 2.75) is 4.90 Å². The molecule has 2 aromatic rings. The summed E-state index contributed by atoms with van der Waals surface area (Å²) >= 11 is 0. The lowest BCUT2D eigenvalue weighted by molar-refractivity contribution is 0.593. The van der Waals surface area contributed by atoms with Gasteiger partial charge in [-0.1, -0.05) is 6.07 Å². The molecule has 1 N–H and O–H groups in total. The highest BCUT2D eigenvalue weighted by molar-refractivity contribution is 7.92. The number of anilines is 1. The van der Waals surface area contributed by atoms with E-state index >= 15 is 0 Å². The Balaban J connectivity index is 2.42. The van der Waals surface area contributed by atoms with Crippen molar-refractivity contribution in [1.82, 2.24) is 0 Å². The summed E-state index contributed by atoms with van der Waals surface area (Å²) in [6.45, 7) is 0. The van der Waals surface area contributed by atoms with Gasteiger partial charge in [-0.15, -0.1) is 0 Å². The minimum Gasteiger partial charge on any atom is -0.280 e. The summed E-state index contributed by atoms with van der Waals surface area (Å²) in [4.78, 5) is -0.436. The molecule has 0 atom stereocenters. The van der Waals surface area contributed by atoms with Crippen molar-refractivity contribution >= 4 is 15.7 Å². The summed E-state index contributed by atoms with van der Waals surface area (Å²) in [5.74, 6) is -0.903. The minimum atomic E-state index is -4.09. The van der Waals surface area contributed by atoms with Gasteiger partial charge in [0.05, 0.1) is 11.6 Å². The van der Waals surface area contributed by atoms with Gasteiger partial charge in [0, 0.05) is 5.69 Å². The van der Waals surface area contributed by atoms with Crippen molar-refractivity contribution in [3.05, 3.63) is 59.4 Å². The molecule has 0 saturated carbocycles. The number of halogens is 1. The summed E-state index contributed by atoms with van der Waals surface area (Å²) in [5, 5.41) is 17.6. The predicted molar refractivity (Wildman–Crippen MR) is 73.1 cm³/mol. The van der Waals surface area contributed by atoms with Crippen LogP contribution in [0.4, 0.5) is 10.1 Å². The van der Waals surface area contributed by atoms with E-state index in [1.165, 1.54) is 36.4 Å². The summed E-state index contributed by atoms with van der Waals surface area (Å²) in [5.41, 5.74) is 0.0437. The lowest BCUT2D eigenvalue weighted by atomic mass is 10.2. The van der Waals surface area contributed by atoms with E-state index in [-0.39, 0.29) is 5.69 Å². The molecule has 0 fully saturated rings. The van der Waals surface area contributed by atoms with Gasteiger partial charge in [-0.25, -0.2) is 12.8 Å². The smallest absolute Gasteiger partial charge is 0.263 e. The van der Waals surface area contributed by atoms with E-state index in [2.05, 4.69) is 4.72 Å². The van der Waals surface area contributed by atoms with Gasteiger partial charge in [-0.3, -0.25) is 4.72 Å². The van der Waals surface area contributed by atoms with Crippen molar-refractivity contribution in [2.75, 3.05) is 4.72 Å². The molecule has 0 saturated heterocycles. The Morgan fingerprint density at radius 2 is 1.67 bits per heavy atom. The molecule has 0 amide bonds. The van der Waals surface area contributed by atoms with E-state index in [4.69, 9.17) is 10.5 Å². The van der Waals surface area contributed by atoms with Gasteiger partial charge >= 0.3 is 0 Å². The Labute approximate surface area is 120 Å². The third-order valence-electron chi connectivity index (χ3n) is 2.64. The fourth-order valence-corrected chi connectivity index (χ4v) is 2.89. The number of nitrogens with one attached hydrogen (secondary N) is 1. The van der Waals surface area contributed by atoms with Crippen LogP contribution in [0.2, 0.25) is 0 Å². The molecular weight excluding hydrogens is 293 g/mol. The van der Waals surface area contributed by atoms with Crippen LogP contribution in [0, 0.1) is 28.5 Å². The predicted octanol–water partition coefficient (Wildman–Crippen LogP) is 2.37. The Morgan fingerprint density at radius 3 is 2.24 bits per heavy atom. The molecule has 0 radical (unpaired) electrons. The van der Waals surface area contributed by atoms with Crippen LogP contribution in [0.15, 0.2) is 47.4 Å². The van der Waals surface area contributed by atoms with Gasteiger partial charge in [0.25, 0.3) is 10.0 Å². The fourth-order valence-electron chi connectivity index (χ4n) is 1.66. The molecule has 5 nitrogen and oxygen atoms in total. The highest BCUT2D eigenvalue weighted by Crippen LogP contribution is 2.21. The first-order valence-electron chi connectivity index (χ1n) is 5.69. The lowest BCUT2D eigenvalue weighted by Crippen LogP contribution is -2.15. The normalized spacial score (nSPS) is 10.4. The summed E-state index contributed by atoms with van der Waals surface area (Å²) < 4.78 is 40.1. The van der Waals surface area contributed by atoms with Gasteiger partial charge in [0.2, 0.25) is 0 Å². The van der Waals surface area contributed by atoms with Crippen molar-refractivity contribution in [2.24, 2.45) is 0 Å². The van der Waals surface area contributed by atoms with Crippen molar-refractivity contribution in [3.8, 4) is 12.1 Å². The van der Waals surface area contributed by atoms with Crippen LogP contribution >= 0.6 is 0 Å². The minimum absolute atomic E-state index is 0.210. The third-order valence-corrected chi connectivity index (χ3v) is 4.07. The van der Waals surface area contributed by atoms with E-state index < -0.39 is 26.3 Å². The molecule has 0 spiro atoms. The second kappa shape index (κ2) is 5.61. The molecule has 2 rings (SSSR count). The zero-order chi connectivity index (χ0) is 15.5. The Kier molecular flexibility index (Phi) is 3.88. The monoisotopic (exact) mass is 301 g/mol. The molecule has 21 heavy (non-hydrogen) atoms. The first kappa shape index (κ1) is 14.5. The Morgan fingerprint density at radius 1 is 1.00 bits per heavy atom. The van der Waals surface area contributed by atoms with Gasteiger partial charge in [0.15, 0.2) is 0 Å². The highest BCUT2D eigenvalue weighted by atomic mass is 32.2. The van der Waals surface area contributed by atoms with E-state index in [0.29, 0.717) is 5.56 Å². The van der Waals surface area contributed by atoms with Gasteiger partial charge in [-0.2, -0.15) is 10.5 Å². The number of hydrogen-bond donors (Lipinski definition) is 1. The van der Waals surface area contributed by atoms with E-state index in [1.54, 1.807) is 0 Å². The standard InChI is InChI=1S/C14H8FN3O2S/c15-13-2-1-3-14(12(13)9-17)21(19,20)18-11-6-4-10(8-16)5-7-11/h1-7,18H. The highest BCUT2D eigenvalue weighted by Gasteiger charge is 2.21. The fraction of sp³-hybridized carbons (Fsp3) is 0. The molecule has 0 aliphatic heterocycles. The number of benzene rings is 2. The second-order valence-electron chi connectivity index (χ2n) is 4.02. The van der Waals surface area contributed by atoms with E-state index in [9.17, 15) is 12.8 Å². The van der Waals surface area contributed by atoms with Crippen molar-refractivity contribution < 1.29 is 12.8 Å². The Hall–Kier alpha value is -2.90. The van der Waals surface area contributed by atoms with Crippen molar-refractivity contribution in [1.29, 1.82) is 10.5 Å². The van der Waals surface area contributed by atoms with Crippen molar-refractivity contribution in [3.63, 3.8) is 0 Å². The van der Waals surface area contributed by atoms with Crippen LogP contribution in [-0.2, 0) is 10.0 Å². The lowest BCUT2D eigenvalue weighted by Gasteiger charge is -2.09. The van der Waals surface area contributed by atoms with Crippen LogP contribution < -0.4 is 4.72 Å². The summed E-state index contributed by atoms with van der Waals surface area (Å²) in [6.07, 6.45) is 0. The van der Waals surface area contributed by atoms with Crippen LogP contribution in [-0.4, -0.2) is 8.42 Å². The first-order valence-corrected chi connectivity index (χ1v) is 7.18. The van der Waals surface area contributed by atoms with Crippen LogP contribution in [0.5, 0.6) is 0 Å². The zero-order valence-electron chi connectivity index (χ0n) is 10.5. The molecule has 0 bridgehead atoms. The van der Waals surface area contributed by atoms with Crippen LogP contribution in [0.25, 0.3) is 0 Å². The SMILES string of the molecule is N#Cc1ccc(NS(=O)(=O)c2cccc(F)c2C#N)cc1. The quantitative estimate of drug-likeness (QED) is 0.941. The topological polar surface area (TPSA) is 93.8 Å². The molecule has 0 unspecified atom stereocenters. The number of sulfonamides is 1. The average Bonchev–Trinajstić information content (AvgIpc) is 2.47. The third kappa shape index (κ3) is 2.99. The summed E-state index contributed by atoms with van der Waals surface area (Å²) in [6, 6.07) is 12.5. The summed E-state index contributed by atoms with van der Waals surface area (Å²) in [7, 11) is -4.09. The molecule has 0 aliphatic carbocycles. The molecule has 0 aliphatic rings. The number of nitriles is 2. The number of rotatable bonds is 3. The second-order valence-corrected chi connectivity index (χ2v) is 5.67. The maximum atomic E-state index is 13.5. The number of nitrogens with zero attached hydrogens (tertiary/aromatic N) is 2. The van der Waals surface area contributed by atoms with E-state index in [1.807, 2.05) is 6.07 Å². The average molecular weight is 301 g/mol. The maximum Gasteiger partial charge on any atom is 0.263 e. The molecule has 0 heterocycles. The van der Waals surface area contributed by atoms with Gasteiger partial charge in [-0.05, 0) is 36.4 Å². The van der Waals surface area contributed by atoms with E-state index in [0.717, 1.165) is 12.1 Å². The Bertz CT molecular complexity index is 863. The molecule has 2 aromatic carbocycles. The van der Waals surface area contributed by atoms with Gasteiger partial charge < -0.3 is 0 Å². The van der Waals surface area contributed by atoms with Crippen LogP contribution in [0.1, 0.15) is 11.1 Å². The zero-order valence-corrected chi connectivity index (χ0v) is 11.4. The molecule has 104 valence electrons. The van der Waals surface area contributed by atoms with Crippen LogP contribution in [0.3, 0.4) is 0 Å². The molecule has 0 aromatic heterocycles.